The molecule has 1 aromatic heterocycles. The van der Waals surface area contributed by atoms with Gasteiger partial charge < -0.3 is 10.2 Å². The van der Waals surface area contributed by atoms with Gasteiger partial charge >= 0.3 is 6.03 Å². The molecule has 23 heavy (non-hydrogen) atoms. The summed E-state index contributed by atoms with van der Waals surface area (Å²) in [4.78, 5) is 18.0. The number of carbonyl (C=O) groups is 1. The largest absolute Gasteiger partial charge is 0.338 e. The van der Waals surface area contributed by atoms with E-state index in [2.05, 4.69) is 10.3 Å². The number of nitrogens with one attached hydrogen (secondary N) is 1. The molecule has 0 spiro atoms. The van der Waals surface area contributed by atoms with Gasteiger partial charge in [0.05, 0.1) is 0 Å². The molecule has 0 saturated carbocycles. The minimum absolute atomic E-state index is 0.0245. The number of urea groups is 1. The maximum atomic E-state index is 12.2. The summed E-state index contributed by atoms with van der Waals surface area (Å²) in [5, 5.41) is 3.69. The number of pyridine rings is 1. The van der Waals surface area contributed by atoms with E-state index in [9.17, 15) is 4.79 Å². The second kappa shape index (κ2) is 9.16. The summed E-state index contributed by atoms with van der Waals surface area (Å²) in [5.74, 6) is 0. The molecule has 0 fully saturated rings. The Kier molecular flexibility index (Phi) is 6.88. The van der Waals surface area contributed by atoms with Gasteiger partial charge in [-0.05, 0) is 55.2 Å². The monoisotopic (exact) mass is 331 g/mol. The number of amides is 2. The Balaban J connectivity index is 1.76. The number of rotatable bonds is 7. The smallest absolute Gasteiger partial charge is 0.317 e. The highest BCUT2D eigenvalue weighted by molar-refractivity contribution is 6.30. The van der Waals surface area contributed by atoms with Crippen molar-refractivity contribution >= 4 is 17.6 Å². The Morgan fingerprint density at radius 3 is 2.65 bits per heavy atom. The van der Waals surface area contributed by atoms with E-state index in [4.69, 9.17) is 11.6 Å². The molecule has 0 radical (unpaired) electrons. The molecule has 122 valence electrons. The van der Waals surface area contributed by atoms with Crippen LogP contribution in [0.25, 0.3) is 0 Å². The average Bonchev–Trinajstić information content (AvgIpc) is 2.56. The number of hydrogen-bond donors (Lipinski definition) is 1. The fourth-order valence-corrected chi connectivity index (χ4v) is 2.55. The van der Waals surface area contributed by atoms with Crippen LogP contribution in [0.1, 0.15) is 18.1 Å². The van der Waals surface area contributed by atoms with Crippen molar-refractivity contribution < 1.29 is 4.79 Å². The molecule has 0 bridgehead atoms. The number of aromatic nitrogens is 1. The van der Waals surface area contributed by atoms with Crippen molar-refractivity contribution in [1.29, 1.82) is 0 Å². The highest BCUT2D eigenvalue weighted by Gasteiger charge is 2.10. The molecular weight excluding hydrogens is 310 g/mol. The zero-order valence-electron chi connectivity index (χ0n) is 13.3. The summed E-state index contributed by atoms with van der Waals surface area (Å²) < 4.78 is 0. The highest BCUT2D eigenvalue weighted by Crippen LogP contribution is 2.10. The summed E-state index contributed by atoms with van der Waals surface area (Å²) in [6, 6.07) is 11.6. The van der Waals surface area contributed by atoms with Crippen LogP contribution in [0.4, 0.5) is 4.79 Å². The van der Waals surface area contributed by atoms with Crippen LogP contribution in [0.15, 0.2) is 48.8 Å². The lowest BCUT2D eigenvalue weighted by molar-refractivity contribution is 0.201. The van der Waals surface area contributed by atoms with E-state index in [1.807, 2.05) is 48.2 Å². The molecule has 1 N–H and O–H groups in total. The van der Waals surface area contributed by atoms with Gasteiger partial charge in [0.2, 0.25) is 0 Å². The molecule has 4 nitrogen and oxygen atoms in total. The van der Waals surface area contributed by atoms with Gasteiger partial charge in [-0.15, -0.1) is 0 Å². The Morgan fingerprint density at radius 2 is 1.96 bits per heavy atom. The standard InChI is InChI=1S/C18H22ClN3O/c1-2-22(13-9-15-6-10-20-11-7-15)18(23)21-12-8-16-4-3-5-17(19)14-16/h3-7,10-11,14H,2,8-9,12-13H2,1H3,(H,21,23). The van der Waals surface area contributed by atoms with Gasteiger partial charge in [0.25, 0.3) is 0 Å². The van der Waals surface area contributed by atoms with Gasteiger partial charge in [0, 0.05) is 37.1 Å². The van der Waals surface area contributed by atoms with Gasteiger partial charge in [0.15, 0.2) is 0 Å². The third-order valence-electron chi connectivity index (χ3n) is 3.67. The van der Waals surface area contributed by atoms with Crippen LogP contribution in [0.3, 0.4) is 0 Å². The van der Waals surface area contributed by atoms with Crippen molar-refractivity contribution in [3.8, 4) is 0 Å². The van der Waals surface area contributed by atoms with Crippen LogP contribution in [0, 0.1) is 0 Å². The van der Waals surface area contributed by atoms with Crippen molar-refractivity contribution in [3.05, 3.63) is 64.9 Å². The summed E-state index contributed by atoms with van der Waals surface area (Å²) in [7, 11) is 0. The van der Waals surface area contributed by atoms with Crippen LogP contribution < -0.4 is 5.32 Å². The number of hydrogen-bond acceptors (Lipinski definition) is 2. The van der Waals surface area contributed by atoms with Crippen LogP contribution in [0.2, 0.25) is 5.02 Å². The van der Waals surface area contributed by atoms with Crippen molar-refractivity contribution in [2.45, 2.75) is 19.8 Å². The maximum absolute atomic E-state index is 12.2. The first-order chi connectivity index (χ1) is 11.2. The maximum Gasteiger partial charge on any atom is 0.317 e. The molecule has 0 saturated heterocycles. The number of halogens is 1. The molecule has 2 aromatic rings. The van der Waals surface area contributed by atoms with E-state index < -0.39 is 0 Å². The minimum atomic E-state index is -0.0245. The van der Waals surface area contributed by atoms with Crippen LogP contribution in [-0.4, -0.2) is 35.5 Å². The first kappa shape index (κ1) is 17.3. The Hall–Kier alpha value is -2.07. The van der Waals surface area contributed by atoms with Crippen molar-refractivity contribution in [2.24, 2.45) is 0 Å². The summed E-state index contributed by atoms with van der Waals surface area (Å²) in [6.07, 6.45) is 5.15. The van der Waals surface area contributed by atoms with Crippen LogP contribution >= 0.6 is 11.6 Å². The first-order valence-corrected chi connectivity index (χ1v) is 8.23. The number of carbonyl (C=O) groups excluding carboxylic acids is 1. The fourth-order valence-electron chi connectivity index (χ4n) is 2.33. The van der Waals surface area contributed by atoms with Gasteiger partial charge in [0.1, 0.15) is 0 Å². The molecule has 0 aliphatic carbocycles. The topological polar surface area (TPSA) is 45.2 Å². The Bertz CT molecular complexity index is 619. The van der Waals surface area contributed by atoms with E-state index in [1.54, 1.807) is 12.4 Å². The van der Waals surface area contributed by atoms with Crippen LogP contribution in [0.5, 0.6) is 0 Å². The SMILES string of the molecule is CCN(CCc1ccncc1)C(=O)NCCc1cccc(Cl)c1. The van der Waals surface area contributed by atoms with E-state index in [0.717, 1.165) is 23.4 Å². The zero-order valence-corrected chi connectivity index (χ0v) is 14.1. The Morgan fingerprint density at radius 1 is 1.17 bits per heavy atom. The summed E-state index contributed by atoms with van der Waals surface area (Å²) >= 11 is 5.96. The molecule has 2 amide bonds. The lowest BCUT2D eigenvalue weighted by Gasteiger charge is -2.21. The number of benzene rings is 1. The van der Waals surface area contributed by atoms with Gasteiger partial charge in [-0.3, -0.25) is 4.98 Å². The third kappa shape index (κ3) is 5.91. The van der Waals surface area contributed by atoms with Gasteiger partial charge in [-0.1, -0.05) is 23.7 Å². The van der Waals surface area contributed by atoms with E-state index in [0.29, 0.717) is 19.6 Å². The molecule has 1 aromatic carbocycles. The average molecular weight is 332 g/mol. The second-order valence-corrected chi connectivity index (χ2v) is 5.73. The quantitative estimate of drug-likeness (QED) is 0.843. The molecule has 0 unspecified atom stereocenters. The van der Waals surface area contributed by atoms with E-state index >= 15 is 0 Å². The van der Waals surface area contributed by atoms with E-state index in [-0.39, 0.29) is 6.03 Å². The van der Waals surface area contributed by atoms with Crippen molar-refractivity contribution in [3.63, 3.8) is 0 Å². The van der Waals surface area contributed by atoms with E-state index in [1.165, 1.54) is 5.56 Å². The molecule has 1 heterocycles. The lowest BCUT2D eigenvalue weighted by Crippen LogP contribution is -2.41. The summed E-state index contributed by atoms with van der Waals surface area (Å²) in [5.41, 5.74) is 2.31. The molecular formula is C18H22ClN3O. The molecule has 2 rings (SSSR count). The minimum Gasteiger partial charge on any atom is -0.338 e. The Labute approximate surface area is 142 Å². The zero-order chi connectivity index (χ0) is 16.5. The molecule has 5 heteroatoms. The number of nitrogens with zero attached hydrogens (tertiary/aromatic N) is 2. The van der Waals surface area contributed by atoms with Crippen LogP contribution in [-0.2, 0) is 12.8 Å². The fraction of sp³-hybridized carbons (Fsp3) is 0.333. The molecule has 0 aliphatic heterocycles. The third-order valence-corrected chi connectivity index (χ3v) is 3.90. The van der Waals surface area contributed by atoms with Gasteiger partial charge in [-0.25, -0.2) is 4.79 Å². The lowest BCUT2D eigenvalue weighted by atomic mass is 10.1. The van der Waals surface area contributed by atoms with Gasteiger partial charge in [-0.2, -0.15) is 0 Å². The predicted octanol–water partition coefficient (Wildman–Crippen LogP) is 3.55. The molecule has 0 aliphatic rings. The predicted molar refractivity (Wildman–Crippen MR) is 93.7 cm³/mol. The van der Waals surface area contributed by atoms with Crippen molar-refractivity contribution in [2.75, 3.05) is 19.6 Å². The second-order valence-electron chi connectivity index (χ2n) is 5.30. The normalized spacial score (nSPS) is 10.3. The van der Waals surface area contributed by atoms with Crippen molar-refractivity contribution in [1.82, 2.24) is 15.2 Å². The number of likely N-dealkylation sites (N-methyl/N-ethyl adjacent to an activating group) is 1. The molecule has 0 atom stereocenters. The first-order valence-electron chi connectivity index (χ1n) is 7.85. The summed E-state index contributed by atoms with van der Waals surface area (Å²) in [6.45, 7) is 3.98. The highest BCUT2D eigenvalue weighted by atomic mass is 35.5.